The number of benzene rings is 1. The fourth-order valence-corrected chi connectivity index (χ4v) is 2.12. The molecule has 0 unspecified atom stereocenters. The highest BCUT2D eigenvalue weighted by Crippen LogP contribution is 2.24. The van der Waals surface area contributed by atoms with Gasteiger partial charge in [-0.05, 0) is 39.0 Å². The van der Waals surface area contributed by atoms with E-state index in [4.69, 9.17) is 9.52 Å². The minimum Gasteiger partial charge on any atom is -0.481 e. The predicted molar refractivity (Wildman–Crippen MR) is 76.5 cm³/mol. The Balaban J connectivity index is 2.38. The van der Waals surface area contributed by atoms with Crippen molar-refractivity contribution >= 4 is 22.9 Å². The summed E-state index contributed by atoms with van der Waals surface area (Å²) >= 11 is 0. The fourth-order valence-electron chi connectivity index (χ4n) is 2.12. The van der Waals surface area contributed by atoms with Gasteiger partial charge < -0.3 is 9.52 Å². The average molecular weight is 291 g/mol. The minimum absolute atomic E-state index is 0.118. The van der Waals surface area contributed by atoms with Crippen LogP contribution in [0.15, 0.2) is 27.4 Å². The van der Waals surface area contributed by atoms with Crippen molar-refractivity contribution in [1.82, 2.24) is 4.57 Å². The number of aryl methyl sites for hydroxylation is 1. The van der Waals surface area contributed by atoms with E-state index in [0.717, 1.165) is 0 Å². The Bertz CT molecular complexity index is 766. The molecule has 0 amide bonds. The van der Waals surface area contributed by atoms with Crippen molar-refractivity contribution < 1.29 is 19.1 Å². The van der Waals surface area contributed by atoms with Gasteiger partial charge in [-0.25, -0.2) is 4.79 Å². The molecule has 0 atom stereocenters. The molecule has 1 aromatic heterocycles. The molecule has 0 saturated carbocycles. The van der Waals surface area contributed by atoms with E-state index in [0.29, 0.717) is 23.2 Å². The number of ketones is 1. The third-order valence-electron chi connectivity index (χ3n) is 3.49. The molecule has 0 bridgehead atoms. The molecule has 112 valence electrons. The molecule has 6 nitrogen and oxygen atoms in total. The summed E-state index contributed by atoms with van der Waals surface area (Å²) < 4.78 is 6.56. The molecule has 0 spiro atoms. The van der Waals surface area contributed by atoms with Crippen LogP contribution in [0.1, 0.15) is 37.6 Å². The molecular weight excluding hydrogens is 274 g/mol. The zero-order valence-corrected chi connectivity index (χ0v) is 12.2. The summed E-state index contributed by atoms with van der Waals surface area (Å²) in [7, 11) is 0. The van der Waals surface area contributed by atoms with Gasteiger partial charge in [0.25, 0.3) is 0 Å². The summed E-state index contributed by atoms with van der Waals surface area (Å²) in [5, 5.41) is 9.07. The highest BCUT2D eigenvalue weighted by molar-refractivity contribution is 6.00. The van der Waals surface area contributed by atoms with Crippen LogP contribution >= 0.6 is 0 Å². The first kappa shape index (κ1) is 15.0. The number of aromatic nitrogens is 1. The number of rotatable bonds is 5. The Labute approximate surface area is 121 Å². The van der Waals surface area contributed by atoms with E-state index < -0.39 is 17.1 Å². The number of hydrogen-bond donors (Lipinski definition) is 1. The number of hydrogen-bond acceptors (Lipinski definition) is 4. The first-order valence-corrected chi connectivity index (χ1v) is 6.66. The van der Waals surface area contributed by atoms with Crippen LogP contribution in [0.25, 0.3) is 11.1 Å². The zero-order chi connectivity index (χ0) is 15.8. The smallest absolute Gasteiger partial charge is 0.419 e. The molecule has 1 heterocycles. The number of aliphatic carboxylic acids is 1. The molecule has 6 heteroatoms. The molecule has 0 saturated heterocycles. The molecular formula is C15H17NO5. The first-order chi connectivity index (χ1) is 9.76. The quantitative estimate of drug-likeness (QED) is 0.854. The summed E-state index contributed by atoms with van der Waals surface area (Å²) in [6, 6.07) is 4.72. The van der Waals surface area contributed by atoms with Gasteiger partial charge >= 0.3 is 11.7 Å². The molecule has 0 fully saturated rings. The first-order valence-electron chi connectivity index (χ1n) is 6.66. The van der Waals surface area contributed by atoms with Crippen molar-refractivity contribution in [2.24, 2.45) is 5.41 Å². The number of oxazole rings is 1. The molecule has 21 heavy (non-hydrogen) atoms. The Hall–Kier alpha value is -2.37. The number of nitrogens with zero attached hydrogens (tertiary/aromatic N) is 1. The van der Waals surface area contributed by atoms with E-state index >= 15 is 0 Å². The number of carbonyl (C=O) groups is 2. The Morgan fingerprint density at radius 1 is 1.33 bits per heavy atom. The van der Waals surface area contributed by atoms with Gasteiger partial charge in [0.1, 0.15) is 0 Å². The largest absolute Gasteiger partial charge is 0.481 e. The van der Waals surface area contributed by atoms with Gasteiger partial charge in [-0.2, -0.15) is 0 Å². The molecule has 0 aliphatic carbocycles. The number of carboxylic acids is 1. The van der Waals surface area contributed by atoms with Gasteiger partial charge in [-0.15, -0.1) is 0 Å². The maximum Gasteiger partial charge on any atom is 0.419 e. The Morgan fingerprint density at radius 3 is 2.57 bits per heavy atom. The van der Waals surface area contributed by atoms with E-state index in [2.05, 4.69) is 0 Å². The highest BCUT2D eigenvalue weighted by Gasteiger charge is 2.30. The summed E-state index contributed by atoms with van der Waals surface area (Å²) in [5.41, 5.74) is 0.161. The average Bonchev–Trinajstić information content (AvgIpc) is 2.71. The van der Waals surface area contributed by atoms with Crippen LogP contribution in [-0.4, -0.2) is 21.4 Å². The van der Waals surface area contributed by atoms with Crippen LogP contribution in [-0.2, 0) is 11.3 Å². The van der Waals surface area contributed by atoms with Gasteiger partial charge in [-0.1, -0.05) is 0 Å². The van der Waals surface area contributed by atoms with Crippen LogP contribution in [0.3, 0.4) is 0 Å². The normalized spacial score (nSPS) is 11.8. The van der Waals surface area contributed by atoms with Crippen molar-refractivity contribution in [3.05, 3.63) is 34.3 Å². The summed E-state index contributed by atoms with van der Waals surface area (Å²) in [6.07, 6.45) is -0.118. The number of Topliss-reactive ketones (excluding diaryl/α,β-unsaturated/α-hetero) is 1. The van der Waals surface area contributed by atoms with E-state index in [1.807, 2.05) is 6.92 Å². The van der Waals surface area contributed by atoms with Crippen molar-refractivity contribution in [3.63, 3.8) is 0 Å². The highest BCUT2D eigenvalue weighted by atomic mass is 16.4. The molecule has 2 rings (SSSR count). The van der Waals surface area contributed by atoms with E-state index in [9.17, 15) is 14.4 Å². The third-order valence-corrected chi connectivity index (χ3v) is 3.49. The standard InChI is InChI=1S/C15H17NO5/c1-4-16-10-6-5-9(7-12(10)21-14(16)20)11(17)8-15(2,3)13(18)19/h5-7H,4,8H2,1-3H3,(H,18,19). The Kier molecular flexibility index (Phi) is 3.72. The monoisotopic (exact) mass is 291 g/mol. The van der Waals surface area contributed by atoms with Crippen LogP contribution in [0.4, 0.5) is 0 Å². The van der Waals surface area contributed by atoms with Crippen LogP contribution in [0, 0.1) is 5.41 Å². The zero-order valence-electron chi connectivity index (χ0n) is 12.2. The summed E-state index contributed by atoms with van der Waals surface area (Å²) in [5.74, 6) is -1.79. The van der Waals surface area contributed by atoms with E-state index in [1.54, 1.807) is 12.1 Å². The molecule has 1 N–H and O–H groups in total. The lowest BCUT2D eigenvalue weighted by Gasteiger charge is -2.17. The van der Waals surface area contributed by atoms with Crippen LogP contribution in [0.5, 0.6) is 0 Å². The lowest BCUT2D eigenvalue weighted by Crippen LogP contribution is -2.26. The third kappa shape index (κ3) is 2.74. The molecule has 1 aromatic carbocycles. The second kappa shape index (κ2) is 5.20. The number of fused-ring (bicyclic) bond motifs is 1. The van der Waals surface area contributed by atoms with Gasteiger partial charge in [0.15, 0.2) is 11.4 Å². The van der Waals surface area contributed by atoms with Crippen molar-refractivity contribution in [3.8, 4) is 0 Å². The van der Waals surface area contributed by atoms with Crippen molar-refractivity contribution in [1.29, 1.82) is 0 Å². The number of carboxylic acid groups (broad SMARTS) is 1. The predicted octanol–water partition coefficient (Wildman–Crippen LogP) is 2.30. The molecule has 0 radical (unpaired) electrons. The van der Waals surface area contributed by atoms with Crippen LogP contribution < -0.4 is 5.76 Å². The SMILES string of the molecule is CCn1c(=O)oc2cc(C(=O)CC(C)(C)C(=O)O)ccc21. The van der Waals surface area contributed by atoms with Crippen LogP contribution in [0.2, 0.25) is 0 Å². The van der Waals surface area contributed by atoms with Crippen molar-refractivity contribution in [2.75, 3.05) is 0 Å². The fraction of sp³-hybridized carbons (Fsp3) is 0.400. The molecule has 2 aromatic rings. The maximum absolute atomic E-state index is 12.2. The Morgan fingerprint density at radius 2 is 2.00 bits per heavy atom. The lowest BCUT2D eigenvalue weighted by molar-refractivity contribution is -0.146. The second-order valence-electron chi connectivity index (χ2n) is 5.58. The molecule has 0 aliphatic heterocycles. The van der Waals surface area contributed by atoms with E-state index in [-0.39, 0.29) is 12.2 Å². The second-order valence-corrected chi connectivity index (χ2v) is 5.58. The van der Waals surface area contributed by atoms with Gasteiger partial charge in [0, 0.05) is 18.5 Å². The van der Waals surface area contributed by atoms with Gasteiger partial charge in [-0.3, -0.25) is 14.2 Å². The molecule has 0 aliphatic rings. The minimum atomic E-state index is -1.14. The number of carbonyl (C=O) groups excluding carboxylic acids is 1. The summed E-state index contributed by atoms with van der Waals surface area (Å²) in [4.78, 5) is 34.9. The maximum atomic E-state index is 12.2. The lowest BCUT2D eigenvalue weighted by atomic mass is 9.86. The van der Waals surface area contributed by atoms with Gasteiger partial charge in [0.05, 0.1) is 10.9 Å². The van der Waals surface area contributed by atoms with Gasteiger partial charge in [0.2, 0.25) is 0 Å². The van der Waals surface area contributed by atoms with E-state index in [1.165, 1.54) is 24.5 Å². The summed E-state index contributed by atoms with van der Waals surface area (Å²) in [6.45, 7) is 5.30. The topological polar surface area (TPSA) is 89.5 Å². The van der Waals surface area contributed by atoms with Crippen molar-refractivity contribution in [2.45, 2.75) is 33.7 Å².